The van der Waals surface area contributed by atoms with Gasteiger partial charge in [-0.3, -0.25) is 9.00 Å². The smallest absolute Gasteiger partial charge is 0.287 e. The van der Waals surface area contributed by atoms with E-state index in [1.54, 1.807) is 36.4 Å². The molecule has 1 unspecified atom stereocenters. The fourth-order valence-electron chi connectivity index (χ4n) is 2.47. The molecule has 2 aromatic carbocycles. The molecular weight excluding hydrogens is 389 g/mol. The van der Waals surface area contributed by atoms with Crippen LogP contribution in [0.4, 0.5) is 4.39 Å². The van der Waals surface area contributed by atoms with E-state index in [1.165, 1.54) is 12.1 Å². The minimum atomic E-state index is -1.19. The van der Waals surface area contributed by atoms with E-state index in [2.05, 4.69) is 5.32 Å². The molecule has 1 aromatic heterocycles. The van der Waals surface area contributed by atoms with Gasteiger partial charge in [0.2, 0.25) is 0 Å². The number of carbonyl (C=O) groups is 1. The molecule has 3 aromatic rings. The Labute approximate surface area is 163 Å². The Balaban J connectivity index is 1.53. The van der Waals surface area contributed by atoms with Crippen LogP contribution in [-0.2, 0) is 28.9 Å². The average Bonchev–Trinajstić information content (AvgIpc) is 3.09. The van der Waals surface area contributed by atoms with Gasteiger partial charge in [0.05, 0.1) is 5.75 Å². The summed E-state index contributed by atoms with van der Waals surface area (Å²) in [5.74, 6) is 0.470. The molecule has 4 nitrogen and oxygen atoms in total. The van der Waals surface area contributed by atoms with Crippen LogP contribution >= 0.6 is 11.6 Å². The molecule has 0 aliphatic heterocycles. The molecule has 1 amide bonds. The molecule has 7 heteroatoms. The van der Waals surface area contributed by atoms with Crippen molar-refractivity contribution in [2.24, 2.45) is 0 Å². The number of rotatable bonds is 7. The molecule has 140 valence electrons. The second-order valence-corrected chi connectivity index (χ2v) is 7.83. The molecule has 3 rings (SSSR count). The lowest BCUT2D eigenvalue weighted by Gasteiger charge is -2.04. The Kier molecular flexibility index (Phi) is 6.42. The lowest BCUT2D eigenvalue weighted by Crippen LogP contribution is -2.22. The van der Waals surface area contributed by atoms with Crippen LogP contribution in [0.1, 0.15) is 27.4 Å². The number of benzene rings is 2. The molecule has 0 fully saturated rings. The highest BCUT2D eigenvalue weighted by Crippen LogP contribution is 2.16. The van der Waals surface area contributed by atoms with E-state index < -0.39 is 10.8 Å². The van der Waals surface area contributed by atoms with E-state index in [1.807, 2.05) is 12.1 Å². The largest absolute Gasteiger partial charge is 0.455 e. The van der Waals surface area contributed by atoms with Gasteiger partial charge in [0.1, 0.15) is 11.6 Å². The first-order valence-electron chi connectivity index (χ1n) is 8.20. The number of nitrogens with one attached hydrogen (secondary N) is 1. The molecule has 1 heterocycles. The van der Waals surface area contributed by atoms with E-state index in [4.69, 9.17) is 16.0 Å². The first kappa shape index (κ1) is 19.3. The van der Waals surface area contributed by atoms with E-state index in [-0.39, 0.29) is 29.8 Å². The molecule has 1 N–H and O–H groups in total. The van der Waals surface area contributed by atoms with Gasteiger partial charge < -0.3 is 9.73 Å². The molecule has 0 bridgehead atoms. The Morgan fingerprint density at radius 2 is 1.81 bits per heavy atom. The summed E-state index contributed by atoms with van der Waals surface area (Å²) in [5.41, 5.74) is 1.66. The van der Waals surface area contributed by atoms with Crippen molar-refractivity contribution in [2.45, 2.75) is 18.1 Å². The van der Waals surface area contributed by atoms with Gasteiger partial charge >= 0.3 is 0 Å². The zero-order chi connectivity index (χ0) is 19.2. The summed E-state index contributed by atoms with van der Waals surface area (Å²) in [7, 11) is -1.19. The molecule has 0 aliphatic rings. The number of hydrogen-bond acceptors (Lipinski definition) is 3. The number of halogens is 2. The maximum Gasteiger partial charge on any atom is 0.287 e. The average molecular weight is 406 g/mol. The number of amides is 1. The Morgan fingerprint density at radius 3 is 2.56 bits per heavy atom. The SMILES string of the molecule is O=C(NCc1ccc(F)cc1)c1ccc(CS(=O)Cc2cccc(Cl)c2)o1. The van der Waals surface area contributed by atoms with Crippen LogP contribution in [0, 0.1) is 5.82 Å². The van der Waals surface area contributed by atoms with Crippen LogP contribution < -0.4 is 5.32 Å². The maximum absolute atomic E-state index is 12.9. The minimum Gasteiger partial charge on any atom is -0.455 e. The summed E-state index contributed by atoms with van der Waals surface area (Å²) in [6.07, 6.45) is 0. The lowest BCUT2D eigenvalue weighted by molar-refractivity contribution is 0.0921. The third kappa shape index (κ3) is 5.77. The predicted molar refractivity (Wildman–Crippen MR) is 103 cm³/mol. The predicted octanol–water partition coefficient (Wildman–Crippen LogP) is 4.45. The van der Waals surface area contributed by atoms with Gasteiger partial charge in [-0.2, -0.15) is 0 Å². The number of hydrogen-bond donors (Lipinski definition) is 1. The van der Waals surface area contributed by atoms with Crippen LogP contribution in [-0.4, -0.2) is 10.1 Å². The van der Waals surface area contributed by atoms with Crippen molar-refractivity contribution in [3.8, 4) is 0 Å². The number of carbonyl (C=O) groups excluding carboxylic acids is 1. The highest BCUT2D eigenvalue weighted by Gasteiger charge is 2.13. The van der Waals surface area contributed by atoms with Crippen molar-refractivity contribution >= 4 is 28.3 Å². The van der Waals surface area contributed by atoms with Gasteiger partial charge in [-0.15, -0.1) is 0 Å². The third-order valence-electron chi connectivity index (χ3n) is 3.77. The normalized spacial score (nSPS) is 11.9. The summed E-state index contributed by atoms with van der Waals surface area (Å²) in [5, 5.41) is 3.30. The summed E-state index contributed by atoms with van der Waals surface area (Å²) in [4.78, 5) is 12.1. The highest BCUT2D eigenvalue weighted by molar-refractivity contribution is 7.83. The van der Waals surface area contributed by atoms with E-state index in [0.717, 1.165) is 11.1 Å². The van der Waals surface area contributed by atoms with E-state index >= 15 is 0 Å². The summed E-state index contributed by atoms with van der Waals surface area (Å²) >= 11 is 5.93. The summed E-state index contributed by atoms with van der Waals surface area (Å²) < 4.78 is 30.7. The Morgan fingerprint density at radius 1 is 1.04 bits per heavy atom. The second kappa shape index (κ2) is 8.97. The van der Waals surface area contributed by atoms with Gasteiger partial charge in [0.15, 0.2) is 5.76 Å². The zero-order valence-electron chi connectivity index (χ0n) is 14.3. The van der Waals surface area contributed by atoms with Crippen LogP contribution in [0.2, 0.25) is 5.02 Å². The molecule has 27 heavy (non-hydrogen) atoms. The molecular formula is C20H17ClFNO3S. The zero-order valence-corrected chi connectivity index (χ0v) is 15.9. The summed E-state index contributed by atoms with van der Waals surface area (Å²) in [6, 6.07) is 16.3. The molecule has 0 spiro atoms. The van der Waals surface area contributed by atoms with Crippen LogP contribution in [0.15, 0.2) is 65.1 Å². The van der Waals surface area contributed by atoms with Crippen LogP contribution in [0.5, 0.6) is 0 Å². The fraction of sp³-hybridized carbons (Fsp3) is 0.150. The highest BCUT2D eigenvalue weighted by atomic mass is 35.5. The molecule has 0 saturated carbocycles. The lowest BCUT2D eigenvalue weighted by atomic mass is 10.2. The van der Waals surface area contributed by atoms with Crippen molar-refractivity contribution < 1.29 is 17.8 Å². The van der Waals surface area contributed by atoms with E-state index in [9.17, 15) is 13.4 Å². The fourth-order valence-corrected chi connectivity index (χ4v) is 3.81. The Hall–Kier alpha value is -2.44. The van der Waals surface area contributed by atoms with Crippen LogP contribution in [0.3, 0.4) is 0 Å². The Bertz CT molecular complexity index is 956. The van der Waals surface area contributed by atoms with Crippen LogP contribution in [0.25, 0.3) is 0 Å². The molecule has 1 atom stereocenters. The van der Waals surface area contributed by atoms with Crippen molar-refractivity contribution in [1.82, 2.24) is 5.32 Å². The van der Waals surface area contributed by atoms with E-state index in [0.29, 0.717) is 16.5 Å². The van der Waals surface area contributed by atoms with Gasteiger partial charge in [-0.25, -0.2) is 4.39 Å². The van der Waals surface area contributed by atoms with Crippen molar-refractivity contribution in [3.05, 3.63) is 94.2 Å². The minimum absolute atomic E-state index is 0.145. The molecule has 0 aliphatic carbocycles. The monoisotopic (exact) mass is 405 g/mol. The van der Waals surface area contributed by atoms with Gasteiger partial charge in [-0.05, 0) is 47.5 Å². The standard InChI is InChI=1S/C20H17ClFNO3S/c21-16-3-1-2-15(10-16)12-27(25)13-18-8-9-19(26-18)20(24)23-11-14-4-6-17(22)7-5-14/h1-10H,11-13H2,(H,23,24). The number of furan rings is 1. The van der Waals surface area contributed by atoms with Gasteiger partial charge in [-0.1, -0.05) is 35.9 Å². The van der Waals surface area contributed by atoms with Crippen molar-refractivity contribution in [2.75, 3.05) is 0 Å². The topological polar surface area (TPSA) is 59.3 Å². The molecule has 0 saturated heterocycles. The van der Waals surface area contributed by atoms with Gasteiger partial charge in [0, 0.05) is 28.1 Å². The van der Waals surface area contributed by atoms with Crippen molar-refractivity contribution in [3.63, 3.8) is 0 Å². The summed E-state index contributed by atoms with van der Waals surface area (Å²) in [6.45, 7) is 0.260. The second-order valence-electron chi connectivity index (χ2n) is 5.93. The van der Waals surface area contributed by atoms with Gasteiger partial charge in [0.25, 0.3) is 5.91 Å². The molecule has 0 radical (unpaired) electrons. The first-order chi connectivity index (χ1) is 13.0. The first-order valence-corrected chi connectivity index (χ1v) is 10.1. The van der Waals surface area contributed by atoms with Crippen molar-refractivity contribution in [1.29, 1.82) is 0 Å². The third-order valence-corrected chi connectivity index (χ3v) is 5.27. The maximum atomic E-state index is 12.9. The quantitative estimate of drug-likeness (QED) is 0.631.